The van der Waals surface area contributed by atoms with E-state index in [9.17, 15) is 4.79 Å². The van der Waals surface area contributed by atoms with Gasteiger partial charge in [0.15, 0.2) is 0 Å². The van der Waals surface area contributed by atoms with Crippen LogP contribution in [0.15, 0.2) is 72.3 Å². The van der Waals surface area contributed by atoms with E-state index in [-0.39, 0.29) is 5.97 Å². The minimum absolute atomic E-state index is 0.328. The van der Waals surface area contributed by atoms with Crippen LogP contribution in [0, 0.1) is 0 Å². The summed E-state index contributed by atoms with van der Waals surface area (Å²) in [6, 6.07) is 21.9. The zero-order valence-electron chi connectivity index (χ0n) is 20.7. The van der Waals surface area contributed by atoms with Crippen LogP contribution in [0.25, 0.3) is 16.8 Å². The third-order valence-corrected chi connectivity index (χ3v) is 6.42. The van der Waals surface area contributed by atoms with Gasteiger partial charge in [-0.2, -0.15) is 0 Å². The minimum atomic E-state index is -0.328. The van der Waals surface area contributed by atoms with Gasteiger partial charge in [0.1, 0.15) is 12.4 Å². The van der Waals surface area contributed by atoms with Gasteiger partial charge in [-0.1, -0.05) is 54.6 Å². The van der Waals surface area contributed by atoms with Crippen LogP contribution in [0.5, 0.6) is 5.75 Å². The molecule has 1 N–H and O–H groups in total. The average Bonchev–Trinajstić information content (AvgIpc) is 2.90. The number of benzene rings is 3. The highest BCUT2D eigenvalue weighted by molar-refractivity contribution is 5.89. The third kappa shape index (κ3) is 7.15. The Morgan fingerprint density at radius 2 is 1.71 bits per heavy atom. The van der Waals surface area contributed by atoms with E-state index in [0.29, 0.717) is 12.2 Å². The molecule has 0 unspecified atom stereocenters. The van der Waals surface area contributed by atoms with Crippen LogP contribution in [-0.2, 0) is 4.74 Å². The van der Waals surface area contributed by atoms with Gasteiger partial charge < -0.3 is 19.7 Å². The number of methoxy groups -OCH3 is 1. The van der Waals surface area contributed by atoms with Crippen LogP contribution < -0.4 is 10.1 Å². The predicted molar refractivity (Wildman–Crippen MR) is 142 cm³/mol. The lowest BCUT2D eigenvalue weighted by atomic mass is 10.1. The molecular weight excluding hydrogens is 438 g/mol. The number of likely N-dealkylation sites (N-methyl/N-ethyl adjacent to an activating group) is 1. The topological polar surface area (TPSA) is 54.0 Å². The summed E-state index contributed by atoms with van der Waals surface area (Å²) in [6.07, 6.45) is 2.13. The molecule has 1 fully saturated rings. The van der Waals surface area contributed by atoms with Crippen molar-refractivity contribution in [1.82, 2.24) is 15.1 Å². The van der Waals surface area contributed by atoms with E-state index in [2.05, 4.69) is 46.4 Å². The first-order valence-electron chi connectivity index (χ1n) is 12.2. The molecule has 1 aliphatic heterocycles. The summed E-state index contributed by atoms with van der Waals surface area (Å²) in [6.45, 7) is 7.69. The van der Waals surface area contributed by atoms with Crippen molar-refractivity contribution >= 4 is 22.8 Å². The van der Waals surface area contributed by atoms with Gasteiger partial charge in [-0.15, -0.1) is 0 Å². The van der Waals surface area contributed by atoms with Crippen molar-refractivity contribution < 1.29 is 14.3 Å². The number of ether oxygens (including phenoxy) is 2. The first kappa shape index (κ1) is 24.9. The molecule has 1 aliphatic rings. The zero-order valence-corrected chi connectivity index (χ0v) is 20.7. The fourth-order valence-electron chi connectivity index (χ4n) is 4.26. The maximum absolute atomic E-state index is 11.8. The molecule has 0 bridgehead atoms. The van der Waals surface area contributed by atoms with Crippen LogP contribution in [-0.4, -0.2) is 82.3 Å². The SMILES string of the molecule is COC(=O)c1ccc(/C=C(/CNCCN2CCN(C)CC2)COc2cccc3ccccc23)cc1. The molecule has 184 valence electrons. The van der Waals surface area contributed by atoms with Gasteiger partial charge in [-0.05, 0) is 41.8 Å². The number of carbonyl (C=O) groups is 1. The van der Waals surface area contributed by atoms with E-state index in [4.69, 9.17) is 9.47 Å². The molecule has 3 aromatic carbocycles. The van der Waals surface area contributed by atoms with E-state index in [0.717, 1.165) is 68.1 Å². The Hall–Kier alpha value is -3.19. The molecule has 6 heteroatoms. The van der Waals surface area contributed by atoms with Crippen molar-refractivity contribution in [3.05, 3.63) is 83.4 Å². The summed E-state index contributed by atoms with van der Waals surface area (Å²) in [5.41, 5.74) is 2.71. The smallest absolute Gasteiger partial charge is 0.337 e. The van der Waals surface area contributed by atoms with Crippen molar-refractivity contribution in [3.63, 3.8) is 0 Å². The molecule has 6 nitrogen and oxygen atoms in total. The first-order valence-corrected chi connectivity index (χ1v) is 12.2. The quantitative estimate of drug-likeness (QED) is 0.356. The van der Waals surface area contributed by atoms with E-state index < -0.39 is 0 Å². The summed E-state index contributed by atoms with van der Waals surface area (Å²) >= 11 is 0. The molecule has 0 aliphatic carbocycles. The van der Waals surface area contributed by atoms with Crippen LogP contribution in [0.3, 0.4) is 0 Å². The Balaban J connectivity index is 1.42. The Morgan fingerprint density at radius 3 is 2.49 bits per heavy atom. The van der Waals surface area contributed by atoms with Gasteiger partial charge in [-0.3, -0.25) is 4.90 Å². The number of carbonyl (C=O) groups excluding carboxylic acids is 1. The third-order valence-electron chi connectivity index (χ3n) is 6.42. The second-order valence-electron chi connectivity index (χ2n) is 9.00. The summed E-state index contributed by atoms with van der Waals surface area (Å²) in [5.74, 6) is 0.554. The fraction of sp³-hybridized carbons (Fsp3) is 0.345. The number of fused-ring (bicyclic) bond motifs is 1. The monoisotopic (exact) mass is 473 g/mol. The molecule has 1 heterocycles. The Kier molecular flexibility index (Phi) is 8.90. The number of nitrogens with one attached hydrogen (secondary N) is 1. The molecule has 35 heavy (non-hydrogen) atoms. The molecule has 4 rings (SSSR count). The largest absolute Gasteiger partial charge is 0.489 e. The number of hydrogen-bond acceptors (Lipinski definition) is 6. The highest BCUT2D eigenvalue weighted by atomic mass is 16.5. The van der Waals surface area contributed by atoms with E-state index in [1.165, 1.54) is 12.5 Å². The minimum Gasteiger partial charge on any atom is -0.489 e. The van der Waals surface area contributed by atoms with Crippen molar-refractivity contribution in [1.29, 1.82) is 0 Å². The summed E-state index contributed by atoms with van der Waals surface area (Å²) < 4.78 is 11.1. The zero-order chi connectivity index (χ0) is 24.5. The average molecular weight is 474 g/mol. The molecular formula is C29H35N3O3. The van der Waals surface area contributed by atoms with Gasteiger partial charge in [-0.25, -0.2) is 4.79 Å². The standard InChI is InChI=1S/C29H35N3O3/c1-31-16-18-32(19-17-31)15-14-30-21-24(20-23-10-12-26(13-11-23)29(33)34-2)22-35-28-9-5-7-25-6-3-4-8-27(25)28/h3-13,20,30H,14-19,21-22H2,1-2H3/b24-20-. The van der Waals surface area contributed by atoms with Gasteiger partial charge >= 0.3 is 5.97 Å². The van der Waals surface area contributed by atoms with E-state index in [1.54, 1.807) is 12.1 Å². The van der Waals surface area contributed by atoms with Crippen LogP contribution in [0.2, 0.25) is 0 Å². The normalized spacial score (nSPS) is 15.3. The molecule has 0 radical (unpaired) electrons. The van der Waals surface area contributed by atoms with Crippen molar-refractivity contribution in [2.75, 3.05) is 66.6 Å². The number of hydrogen-bond donors (Lipinski definition) is 1. The first-order chi connectivity index (χ1) is 17.1. The second kappa shape index (κ2) is 12.5. The maximum atomic E-state index is 11.8. The number of esters is 1. The molecule has 0 aromatic heterocycles. The molecule has 3 aromatic rings. The summed E-state index contributed by atoms with van der Waals surface area (Å²) in [5, 5.41) is 5.88. The van der Waals surface area contributed by atoms with Crippen LogP contribution in [0.1, 0.15) is 15.9 Å². The Labute approximate surface area is 208 Å². The molecule has 0 atom stereocenters. The van der Waals surface area contributed by atoms with E-state index >= 15 is 0 Å². The van der Waals surface area contributed by atoms with E-state index in [1.807, 2.05) is 36.4 Å². The lowest BCUT2D eigenvalue weighted by Crippen LogP contribution is -2.46. The number of nitrogens with zero attached hydrogens (tertiary/aromatic N) is 2. The lowest BCUT2D eigenvalue weighted by molar-refractivity contribution is 0.0600. The van der Waals surface area contributed by atoms with Crippen molar-refractivity contribution in [2.45, 2.75) is 0 Å². The lowest BCUT2D eigenvalue weighted by Gasteiger charge is -2.32. The number of piperazine rings is 1. The van der Waals surface area contributed by atoms with Crippen LogP contribution in [0.4, 0.5) is 0 Å². The summed E-state index contributed by atoms with van der Waals surface area (Å²) in [4.78, 5) is 16.6. The Morgan fingerprint density at radius 1 is 0.971 bits per heavy atom. The number of rotatable bonds is 10. The second-order valence-corrected chi connectivity index (χ2v) is 9.00. The molecule has 1 saturated heterocycles. The van der Waals surface area contributed by atoms with Crippen molar-refractivity contribution in [2.24, 2.45) is 0 Å². The van der Waals surface area contributed by atoms with Gasteiger partial charge in [0.25, 0.3) is 0 Å². The van der Waals surface area contributed by atoms with Crippen molar-refractivity contribution in [3.8, 4) is 5.75 Å². The summed E-state index contributed by atoms with van der Waals surface area (Å²) in [7, 11) is 3.58. The highest BCUT2D eigenvalue weighted by Crippen LogP contribution is 2.25. The molecule has 0 spiro atoms. The molecule has 0 amide bonds. The Bertz CT molecular complexity index is 1130. The van der Waals surface area contributed by atoms with Gasteiger partial charge in [0, 0.05) is 51.2 Å². The van der Waals surface area contributed by atoms with Gasteiger partial charge in [0.05, 0.1) is 12.7 Å². The fourth-order valence-corrected chi connectivity index (χ4v) is 4.26. The maximum Gasteiger partial charge on any atom is 0.337 e. The van der Waals surface area contributed by atoms with Gasteiger partial charge in [0.2, 0.25) is 0 Å². The van der Waals surface area contributed by atoms with Crippen LogP contribution >= 0.6 is 0 Å². The highest BCUT2D eigenvalue weighted by Gasteiger charge is 2.13. The molecule has 0 saturated carbocycles. The predicted octanol–water partition coefficient (Wildman–Crippen LogP) is 3.93.